The number of nitrogens with one attached hydrogen (secondary N) is 1. The van der Waals surface area contributed by atoms with E-state index >= 15 is 0 Å². The number of nitrogen functional groups attached to an aromatic ring is 1. The normalized spacial score (nSPS) is 22.5. The van der Waals surface area contributed by atoms with Gasteiger partial charge in [0.1, 0.15) is 24.3 Å². The number of aromatic amines is 1. The van der Waals surface area contributed by atoms with Crippen LogP contribution in [0.3, 0.4) is 0 Å². The summed E-state index contributed by atoms with van der Waals surface area (Å²) < 4.78 is 18.0. The Morgan fingerprint density at radius 2 is 2.31 bits per heavy atom. The standard InChI is InChI=1S/C20H18ClN5O6/c1-2-20(10-27)13(31-19(29)30-9-11-3-5-23-14(28)7-11)8-15(32-20)26-6-4-12-16(22)24-18(21)25-17(12)26/h1,3-7,13,15,27H,8-10H2,(H,23,28)(H2,22,24,25)/t13-,15+,20+/m0/s1. The van der Waals surface area contributed by atoms with Gasteiger partial charge < -0.3 is 34.6 Å². The van der Waals surface area contributed by atoms with Gasteiger partial charge in [0, 0.05) is 24.9 Å². The highest BCUT2D eigenvalue weighted by Crippen LogP contribution is 2.40. The first kappa shape index (κ1) is 21.6. The lowest BCUT2D eigenvalue weighted by atomic mass is 9.99. The second kappa shape index (κ2) is 8.51. The maximum Gasteiger partial charge on any atom is 0.509 e. The summed E-state index contributed by atoms with van der Waals surface area (Å²) in [5.41, 5.74) is 4.83. The van der Waals surface area contributed by atoms with Crippen LogP contribution in [0, 0.1) is 12.3 Å². The molecule has 4 heterocycles. The van der Waals surface area contributed by atoms with Gasteiger partial charge >= 0.3 is 6.16 Å². The number of carbonyl (C=O) groups excluding carboxylic acids is 1. The maximum atomic E-state index is 12.3. The lowest BCUT2D eigenvalue weighted by molar-refractivity contribution is -0.0979. The third-order valence-corrected chi connectivity index (χ3v) is 5.25. The van der Waals surface area contributed by atoms with Crippen molar-refractivity contribution in [3.63, 3.8) is 0 Å². The zero-order valence-corrected chi connectivity index (χ0v) is 17.3. The molecule has 4 rings (SSSR count). The molecule has 12 heteroatoms. The Hall–Kier alpha value is -3.59. The fourth-order valence-corrected chi connectivity index (χ4v) is 3.67. The second-order valence-electron chi connectivity index (χ2n) is 7.04. The van der Waals surface area contributed by atoms with Gasteiger partial charge in [-0.3, -0.25) is 4.79 Å². The number of terminal acetylenes is 1. The maximum absolute atomic E-state index is 12.3. The van der Waals surface area contributed by atoms with Crippen molar-refractivity contribution in [1.82, 2.24) is 19.5 Å². The minimum atomic E-state index is -1.60. The number of hydrogen-bond acceptors (Lipinski definition) is 9. The number of hydrogen-bond donors (Lipinski definition) is 3. The molecule has 0 aromatic carbocycles. The van der Waals surface area contributed by atoms with E-state index in [0.29, 0.717) is 16.6 Å². The number of nitrogens with zero attached hydrogens (tertiary/aromatic N) is 3. The summed E-state index contributed by atoms with van der Waals surface area (Å²) in [7, 11) is 0. The SMILES string of the molecule is C#C[C@]1(CO)O[C@@H](n2ccc3c(N)nc(Cl)nc32)C[C@@H]1OC(=O)OCc1cc[nH]c(=O)c1. The second-order valence-corrected chi connectivity index (χ2v) is 7.38. The van der Waals surface area contributed by atoms with Gasteiger partial charge in [-0.05, 0) is 29.3 Å². The lowest BCUT2D eigenvalue weighted by Gasteiger charge is -2.26. The summed E-state index contributed by atoms with van der Waals surface area (Å²) in [6.07, 6.45) is 6.00. The summed E-state index contributed by atoms with van der Waals surface area (Å²) >= 11 is 5.93. The predicted octanol–water partition coefficient (Wildman–Crippen LogP) is 1.36. The number of nitrogens with two attached hydrogens (primary N) is 1. The van der Waals surface area contributed by atoms with Crippen molar-refractivity contribution in [1.29, 1.82) is 0 Å². The Morgan fingerprint density at radius 3 is 3.03 bits per heavy atom. The van der Waals surface area contributed by atoms with Gasteiger partial charge in [-0.25, -0.2) is 9.78 Å². The number of rotatable bonds is 5. The van der Waals surface area contributed by atoms with Crippen molar-refractivity contribution in [3.8, 4) is 12.3 Å². The predicted molar refractivity (Wildman–Crippen MR) is 112 cm³/mol. The van der Waals surface area contributed by atoms with Crippen LogP contribution in [0.1, 0.15) is 18.2 Å². The molecule has 0 saturated carbocycles. The molecular formula is C20H18ClN5O6. The Bertz CT molecular complexity index is 1270. The van der Waals surface area contributed by atoms with Gasteiger partial charge in [0.2, 0.25) is 10.8 Å². The van der Waals surface area contributed by atoms with E-state index in [0.717, 1.165) is 0 Å². The minimum absolute atomic E-state index is 0.0468. The largest absolute Gasteiger partial charge is 0.509 e. The Labute approximate surface area is 186 Å². The monoisotopic (exact) mass is 459 g/mol. The number of pyridine rings is 1. The quantitative estimate of drug-likeness (QED) is 0.291. The van der Waals surface area contributed by atoms with Gasteiger partial charge in [-0.15, -0.1) is 6.42 Å². The number of carbonyl (C=O) groups is 1. The van der Waals surface area contributed by atoms with Gasteiger partial charge in [-0.1, -0.05) is 5.92 Å². The fourth-order valence-electron chi connectivity index (χ4n) is 3.50. The van der Waals surface area contributed by atoms with Gasteiger partial charge in [0.05, 0.1) is 12.0 Å². The molecular weight excluding hydrogens is 442 g/mol. The van der Waals surface area contributed by atoms with Crippen LogP contribution in [0.5, 0.6) is 0 Å². The van der Waals surface area contributed by atoms with Crippen molar-refractivity contribution >= 4 is 34.6 Å². The molecule has 4 N–H and O–H groups in total. The van der Waals surface area contributed by atoms with E-state index in [1.807, 2.05) is 0 Å². The molecule has 166 valence electrons. The van der Waals surface area contributed by atoms with Crippen LogP contribution in [0.2, 0.25) is 5.28 Å². The molecule has 0 aliphatic carbocycles. The summed E-state index contributed by atoms with van der Waals surface area (Å²) in [4.78, 5) is 34.2. The number of anilines is 1. The van der Waals surface area contributed by atoms with E-state index in [9.17, 15) is 14.7 Å². The van der Waals surface area contributed by atoms with E-state index < -0.39 is 30.7 Å². The van der Waals surface area contributed by atoms with Crippen LogP contribution in [0.4, 0.5) is 10.6 Å². The van der Waals surface area contributed by atoms with Crippen LogP contribution < -0.4 is 11.3 Å². The first-order chi connectivity index (χ1) is 15.3. The van der Waals surface area contributed by atoms with Crippen LogP contribution in [-0.2, 0) is 20.8 Å². The Morgan fingerprint density at radius 1 is 1.50 bits per heavy atom. The molecule has 0 spiro atoms. The zero-order chi connectivity index (χ0) is 22.9. The molecule has 0 radical (unpaired) electrons. The molecule has 3 aromatic heterocycles. The highest BCUT2D eigenvalue weighted by Gasteiger charge is 2.51. The molecule has 1 fully saturated rings. The first-order valence-electron chi connectivity index (χ1n) is 9.42. The van der Waals surface area contributed by atoms with Gasteiger partial charge in [-0.2, -0.15) is 4.98 Å². The van der Waals surface area contributed by atoms with Crippen molar-refractivity contribution in [2.45, 2.75) is 31.0 Å². The first-order valence-corrected chi connectivity index (χ1v) is 9.80. The average Bonchev–Trinajstić information content (AvgIpc) is 3.34. The highest BCUT2D eigenvalue weighted by atomic mass is 35.5. The number of halogens is 1. The molecule has 1 saturated heterocycles. The average molecular weight is 460 g/mol. The number of ether oxygens (including phenoxy) is 3. The summed E-state index contributed by atoms with van der Waals surface area (Å²) in [5.74, 6) is 2.57. The van der Waals surface area contributed by atoms with E-state index in [-0.39, 0.29) is 29.7 Å². The van der Waals surface area contributed by atoms with Crippen molar-refractivity contribution in [2.24, 2.45) is 0 Å². The molecule has 0 amide bonds. The highest BCUT2D eigenvalue weighted by molar-refractivity contribution is 6.28. The number of aromatic nitrogens is 4. The number of aliphatic hydroxyl groups is 1. The van der Waals surface area contributed by atoms with E-state index in [2.05, 4.69) is 20.9 Å². The topological polar surface area (TPSA) is 155 Å². The molecule has 3 aromatic rings. The molecule has 0 bridgehead atoms. The minimum Gasteiger partial charge on any atom is -0.429 e. The third kappa shape index (κ3) is 3.99. The lowest BCUT2D eigenvalue weighted by Crippen LogP contribution is -2.44. The molecule has 1 aliphatic heterocycles. The fraction of sp³-hybridized carbons (Fsp3) is 0.300. The smallest absolute Gasteiger partial charge is 0.429 e. The molecule has 11 nitrogen and oxygen atoms in total. The van der Waals surface area contributed by atoms with Gasteiger partial charge in [0.25, 0.3) is 0 Å². The Balaban J connectivity index is 1.53. The Kier molecular flexibility index (Phi) is 5.75. The van der Waals surface area contributed by atoms with Crippen molar-refractivity contribution in [2.75, 3.05) is 12.3 Å². The number of fused-ring (bicyclic) bond motifs is 1. The van der Waals surface area contributed by atoms with Crippen LogP contribution in [0.25, 0.3) is 11.0 Å². The van der Waals surface area contributed by atoms with Crippen LogP contribution >= 0.6 is 11.6 Å². The van der Waals surface area contributed by atoms with E-state index in [1.54, 1.807) is 22.9 Å². The third-order valence-electron chi connectivity index (χ3n) is 5.08. The molecule has 32 heavy (non-hydrogen) atoms. The zero-order valence-electron chi connectivity index (χ0n) is 16.5. The van der Waals surface area contributed by atoms with Gasteiger partial charge in [0.15, 0.2) is 11.7 Å². The number of H-pyrrole nitrogens is 1. The number of aliphatic hydroxyl groups excluding tert-OH is 1. The van der Waals surface area contributed by atoms with Crippen LogP contribution in [0.15, 0.2) is 35.4 Å². The molecule has 3 atom stereocenters. The van der Waals surface area contributed by atoms with E-state index in [1.165, 1.54) is 12.3 Å². The summed E-state index contributed by atoms with van der Waals surface area (Å²) in [6.45, 7) is -0.790. The van der Waals surface area contributed by atoms with E-state index in [4.69, 9.17) is 38.0 Å². The van der Waals surface area contributed by atoms with Crippen molar-refractivity contribution < 1.29 is 24.1 Å². The summed E-state index contributed by atoms with van der Waals surface area (Å²) in [5, 5.41) is 10.4. The molecule has 0 unspecified atom stereocenters. The van der Waals surface area contributed by atoms with Crippen molar-refractivity contribution in [3.05, 3.63) is 51.8 Å². The van der Waals surface area contributed by atoms with Crippen LogP contribution in [-0.4, -0.2) is 49.1 Å². The molecule has 1 aliphatic rings. The summed E-state index contributed by atoms with van der Waals surface area (Å²) in [6, 6.07) is 4.56.